The molecule has 2 heterocycles. The van der Waals surface area contributed by atoms with E-state index in [0.717, 1.165) is 36.1 Å². The van der Waals surface area contributed by atoms with Gasteiger partial charge in [0.1, 0.15) is 5.00 Å². The Morgan fingerprint density at radius 3 is 2.84 bits per heavy atom. The van der Waals surface area contributed by atoms with Crippen LogP contribution in [0.15, 0.2) is 18.2 Å². The first-order valence-corrected chi connectivity index (χ1v) is 11.3. The molecule has 0 aliphatic heterocycles. The summed E-state index contributed by atoms with van der Waals surface area (Å²) in [7, 11) is 1.61. The van der Waals surface area contributed by atoms with E-state index < -0.39 is 18.2 Å². The van der Waals surface area contributed by atoms with Crippen molar-refractivity contribution in [2.24, 2.45) is 0 Å². The summed E-state index contributed by atoms with van der Waals surface area (Å²) in [6, 6.07) is 4.54. The zero-order chi connectivity index (χ0) is 22.7. The van der Waals surface area contributed by atoms with Crippen LogP contribution in [0.2, 0.25) is 0 Å². The molecule has 0 radical (unpaired) electrons. The number of hydrogen-bond donors (Lipinski definition) is 3. The Labute approximate surface area is 187 Å². The number of rotatable bonds is 8. The van der Waals surface area contributed by atoms with Crippen molar-refractivity contribution in [3.05, 3.63) is 45.6 Å². The zero-order valence-corrected chi connectivity index (χ0v) is 18.4. The molecule has 7 nitrogen and oxygen atoms in total. The van der Waals surface area contributed by atoms with E-state index in [4.69, 9.17) is 4.74 Å². The first-order valence-electron chi connectivity index (χ1n) is 10.5. The summed E-state index contributed by atoms with van der Waals surface area (Å²) in [4.78, 5) is 33.4. The van der Waals surface area contributed by atoms with Gasteiger partial charge in [0.05, 0.1) is 16.6 Å². The van der Waals surface area contributed by atoms with Crippen LogP contribution in [0.4, 0.5) is 13.8 Å². The lowest BCUT2D eigenvalue weighted by molar-refractivity contribution is 0.0948. The van der Waals surface area contributed by atoms with Crippen molar-refractivity contribution in [1.29, 1.82) is 0 Å². The lowest BCUT2D eigenvalue weighted by Gasteiger charge is -2.13. The maximum absolute atomic E-state index is 13.0. The molecule has 0 atom stereocenters. The molecule has 0 saturated heterocycles. The number of thiophene rings is 1. The Hall–Kier alpha value is -2.85. The predicted molar refractivity (Wildman–Crippen MR) is 119 cm³/mol. The van der Waals surface area contributed by atoms with Gasteiger partial charge in [-0.05, 0) is 55.9 Å². The summed E-state index contributed by atoms with van der Waals surface area (Å²) in [6.45, 7) is 1.03. The summed E-state index contributed by atoms with van der Waals surface area (Å²) in [5.74, 6) is -1.05. The van der Waals surface area contributed by atoms with E-state index in [0.29, 0.717) is 46.7 Å². The fourth-order valence-electron chi connectivity index (χ4n) is 3.85. The number of aromatic nitrogens is 2. The van der Waals surface area contributed by atoms with Crippen LogP contribution >= 0.6 is 11.3 Å². The SMILES string of the molecule is COCCCNC(=O)c1c(NC(=O)c2ccc3nc(C(F)F)[nH]c3c2)sc2c1CCCC2. The number of amides is 2. The van der Waals surface area contributed by atoms with Crippen molar-refractivity contribution < 1.29 is 23.1 Å². The highest BCUT2D eigenvalue weighted by atomic mass is 32.1. The smallest absolute Gasteiger partial charge is 0.295 e. The number of carbonyl (C=O) groups is 2. The Kier molecular flexibility index (Phi) is 6.80. The van der Waals surface area contributed by atoms with Gasteiger partial charge in [0.15, 0.2) is 5.82 Å². The normalized spacial score (nSPS) is 13.4. The van der Waals surface area contributed by atoms with Gasteiger partial charge in [0.2, 0.25) is 0 Å². The maximum atomic E-state index is 13.0. The molecule has 32 heavy (non-hydrogen) atoms. The quantitative estimate of drug-likeness (QED) is 0.431. The number of nitrogens with zero attached hydrogens (tertiary/aromatic N) is 1. The van der Waals surface area contributed by atoms with Crippen molar-refractivity contribution in [1.82, 2.24) is 15.3 Å². The topological polar surface area (TPSA) is 96.1 Å². The van der Waals surface area contributed by atoms with Crippen LogP contribution in [-0.4, -0.2) is 42.0 Å². The number of H-pyrrole nitrogens is 1. The van der Waals surface area contributed by atoms with E-state index in [1.807, 2.05) is 0 Å². The van der Waals surface area contributed by atoms with Crippen molar-refractivity contribution >= 4 is 39.2 Å². The highest BCUT2D eigenvalue weighted by Crippen LogP contribution is 2.38. The number of alkyl halides is 2. The van der Waals surface area contributed by atoms with Gasteiger partial charge in [-0.2, -0.15) is 0 Å². The number of halogens is 2. The number of imidazole rings is 1. The van der Waals surface area contributed by atoms with Crippen LogP contribution in [0.3, 0.4) is 0 Å². The molecule has 1 aliphatic carbocycles. The molecular formula is C22H24F2N4O3S. The average Bonchev–Trinajstić information content (AvgIpc) is 3.37. The molecule has 0 saturated carbocycles. The van der Waals surface area contributed by atoms with Crippen molar-refractivity contribution in [3.8, 4) is 0 Å². The summed E-state index contributed by atoms with van der Waals surface area (Å²) in [6.07, 6.45) is 1.72. The van der Waals surface area contributed by atoms with E-state index >= 15 is 0 Å². The van der Waals surface area contributed by atoms with Crippen LogP contribution < -0.4 is 10.6 Å². The minimum atomic E-state index is -2.72. The zero-order valence-electron chi connectivity index (χ0n) is 17.6. The molecule has 0 unspecified atom stereocenters. The largest absolute Gasteiger partial charge is 0.385 e. The maximum Gasteiger partial charge on any atom is 0.295 e. The van der Waals surface area contributed by atoms with Gasteiger partial charge < -0.3 is 20.4 Å². The van der Waals surface area contributed by atoms with Crippen LogP contribution in [0.25, 0.3) is 11.0 Å². The first-order chi connectivity index (χ1) is 15.5. The number of fused-ring (bicyclic) bond motifs is 2. The number of aromatic amines is 1. The molecular weight excluding hydrogens is 438 g/mol. The lowest BCUT2D eigenvalue weighted by atomic mass is 9.95. The van der Waals surface area contributed by atoms with Crippen molar-refractivity contribution in [2.75, 3.05) is 25.6 Å². The molecule has 4 rings (SSSR count). The molecule has 2 aromatic heterocycles. The van der Waals surface area contributed by atoms with Gasteiger partial charge in [-0.3, -0.25) is 9.59 Å². The fraction of sp³-hybridized carbons (Fsp3) is 0.409. The summed E-state index contributed by atoms with van der Waals surface area (Å²) < 4.78 is 30.8. The van der Waals surface area contributed by atoms with Crippen LogP contribution in [-0.2, 0) is 17.6 Å². The number of aryl methyl sites for hydroxylation is 1. The number of anilines is 1. The molecule has 0 bridgehead atoms. The predicted octanol–water partition coefficient (Wildman–Crippen LogP) is 4.46. The second-order valence-corrected chi connectivity index (χ2v) is 8.73. The number of benzene rings is 1. The van der Waals surface area contributed by atoms with Crippen LogP contribution in [0, 0.1) is 0 Å². The molecule has 3 aromatic rings. The van der Waals surface area contributed by atoms with Gasteiger partial charge in [0.25, 0.3) is 18.2 Å². The number of hydrogen-bond acceptors (Lipinski definition) is 5. The second kappa shape index (κ2) is 9.74. The van der Waals surface area contributed by atoms with Gasteiger partial charge in [-0.15, -0.1) is 11.3 Å². The third-order valence-electron chi connectivity index (χ3n) is 5.41. The molecule has 170 valence electrons. The molecule has 0 spiro atoms. The summed E-state index contributed by atoms with van der Waals surface area (Å²) in [5, 5.41) is 6.30. The molecule has 10 heteroatoms. The molecule has 1 aromatic carbocycles. The molecule has 1 aliphatic rings. The van der Waals surface area contributed by atoms with Gasteiger partial charge in [-0.1, -0.05) is 0 Å². The number of methoxy groups -OCH3 is 1. The number of nitrogens with one attached hydrogen (secondary N) is 3. The average molecular weight is 463 g/mol. The van der Waals surface area contributed by atoms with E-state index in [-0.39, 0.29) is 5.91 Å². The van der Waals surface area contributed by atoms with Crippen LogP contribution in [0.5, 0.6) is 0 Å². The third kappa shape index (κ3) is 4.66. The number of carbonyl (C=O) groups excluding carboxylic acids is 2. The second-order valence-electron chi connectivity index (χ2n) is 7.63. The third-order valence-corrected chi connectivity index (χ3v) is 6.61. The Morgan fingerprint density at radius 1 is 1.25 bits per heavy atom. The fourth-order valence-corrected chi connectivity index (χ4v) is 5.13. The standard InChI is InChI=1S/C22H24F2N4O3S/c1-31-10-4-9-25-21(30)17-13-5-2-3-6-16(13)32-22(17)28-20(29)12-7-8-14-15(11-12)27-19(26-14)18(23)24/h7-8,11,18H,2-6,9-10H2,1H3,(H,25,30)(H,26,27)(H,28,29). The molecule has 2 amide bonds. The highest BCUT2D eigenvalue weighted by molar-refractivity contribution is 7.17. The molecule has 3 N–H and O–H groups in total. The first kappa shape index (κ1) is 22.3. The minimum absolute atomic E-state index is 0.207. The van der Waals surface area contributed by atoms with Crippen molar-refractivity contribution in [2.45, 2.75) is 38.5 Å². The highest BCUT2D eigenvalue weighted by Gasteiger charge is 2.26. The summed E-state index contributed by atoms with van der Waals surface area (Å²) >= 11 is 1.43. The van der Waals surface area contributed by atoms with E-state index in [2.05, 4.69) is 20.6 Å². The minimum Gasteiger partial charge on any atom is -0.385 e. The number of ether oxygens (including phenoxy) is 1. The van der Waals surface area contributed by atoms with Gasteiger partial charge in [0, 0.05) is 30.7 Å². The lowest BCUT2D eigenvalue weighted by Crippen LogP contribution is -2.27. The van der Waals surface area contributed by atoms with E-state index in [1.54, 1.807) is 7.11 Å². The Bertz CT molecular complexity index is 1140. The van der Waals surface area contributed by atoms with Gasteiger partial charge in [-0.25, -0.2) is 13.8 Å². The Balaban J connectivity index is 1.57. The van der Waals surface area contributed by atoms with E-state index in [1.165, 1.54) is 29.5 Å². The monoisotopic (exact) mass is 462 g/mol. The molecule has 0 fully saturated rings. The van der Waals surface area contributed by atoms with Gasteiger partial charge >= 0.3 is 0 Å². The van der Waals surface area contributed by atoms with Crippen molar-refractivity contribution in [3.63, 3.8) is 0 Å². The van der Waals surface area contributed by atoms with Crippen LogP contribution in [0.1, 0.15) is 62.7 Å². The van der Waals surface area contributed by atoms with E-state index in [9.17, 15) is 18.4 Å². The Morgan fingerprint density at radius 2 is 2.06 bits per heavy atom. The summed E-state index contributed by atoms with van der Waals surface area (Å²) in [5.41, 5.74) is 2.54.